The normalized spacial score (nSPS) is 12.1. The third-order valence-corrected chi connectivity index (χ3v) is 8.81. The van der Waals surface area contributed by atoms with Gasteiger partial charge >= 0.3 is 0 Å². The Balaban J connectivity index is 1.83. The maximum absolute atomic E-state index is 13.4. The van der Waals surface area contributed by atoms with Gasteiger partial charge in [-0.2, -0.15) is 0 Å². The summed E-state index contributed by atoms with van der Waals surface area (Å²) in [7, 11) is -7.62. The van der Waals surface area contributed by atoms with Crippen LogP contribution in [0.1, 0.15) is 5.56 Å². The Morgan fingerprint density at radius 1 is 0.812 bits per heavy atom. The van der Waals surface area contributed by atoms with Crippen molar-refractivity contribution in [3.8, 4) is 21.7 Å². The fourth-order valence-corrected chi connectivity index (χ4v) is 6.34. The highest BCUT2D eigenvalue weighted by Crippen LogP contribution is 2.39. The molecule has 0 aliphatic carbocycles. The molecular formula is C22H17FN2O4S3. The minimum atomic E-state index is -3.87. The van der Waals surface area contributed by atoms with Crippen LogP contribution >= 0.6 is 11.3 Å². The van der Waals surface area contributed by atoms with Crippen molar-refractivity contribution in [3.05, 3.63) is 90.2 Å². The number of sulfonamides is 1. The highest BCUT2D eigenvalue weighted by molar-refractivity contribution is 7.92. The molecule has 0 spiro atoms. The molecule has 0 radical (unpaired) electrons. The van der Waals surface area contributed by atoms with Gasteiger partial charge in [0.25, 0.3) is 0 Å². The van der Waals surface area contributed by atoms with E-state index in [1.165, 1.54) is 48.5 Å². The molecule has 4 rings (SSSR count). The van der Waals surface area contributed by atoms with E-state index < -0.39 is 25.7 Å². The summed E-state index contributed by atoms with van der Waals surface area (Å²) in [5.41, 5.74) is 2.10. The zero-order valence-corrected chi connectivity index (χ0v) is 18.9. The van der Waals surface area contributed by atoms with Gasteiger partial charge in [0.1, 0.15) is 5.82 Å². The summed E-state index contributed by atoms with van der Waals surface area (Å²) in [6, 6.07) is 20.1. The zero-order valence-electron chi connectivity index (χ0n) is 16.5. The number of thiazole rings is 1. The van der Waals surface area contributed by atoms with Crippen molar-refractivity contribution < 1.29 is 21.2 Å². The molecule has 0 fully saturated rings. The van der Waals surface area contributed by atoms with Crippen molar-refractivity contribution in [2.75, 3.05) is 0 Å². The summed E-state index contributed by atoms with van der Waals surface area (Å²) in [4.78, 5) is 4.84. The number of hydrogen-bond acceptors (Lipinski definition) is 6. The van der Waals surface area contributed by atoms with Gasteiger partial charge < -0.3 is 0 Å². The Labute approximate surface area is 189 Å². The number of aromatic nitrogens is 1. The van der Waals surface area contributed by atoms with Crippen LogP contribution in [-0.2, 0) is 25.6 Å². The monoisotopic (exact) mass is 488 g/mol. The van der Waals surface area contributed by atoms with Crippen LogP contribution in [0, 0.1) is 5.82 Å². The first-order valence-electron chi connectivity index (χ1n) is 9.30. The van der Waals surface area contributed by atoms with E-state index in [2.05, 4.69) is 4.98 Å². The maximum Gasteiger partial charge on any atom is 0.238 e. The van der Waals surface area contributed by atoms with Gasteiger partial charge in [0.2, 0.25) is 24.2 Å². The van der Waals surface area contributed by atoms with Crippen LogP contribution in [0.25, 0.3) is 21.7 Å². The number of hydrogen-bond donors (Lipinski definition) is 1. The molecule has 6 nitrogen and oxygen atoms in total. The molecule has 0 bridgehead atoms. The number of halogens is 1. The van der Waals surface area contributed by atoms with Gasteiger partial charge in [-0.3, -0.25) is 0 Å². The van der Waals surface area contributed by atoms with Crippen molar-refractivity contribution in [3.63, 3.8) is 0 Å². The third-order valence-electron chi connectivity index (χ3n) is 4.64. The molecule has 2 N–H and O–H groups in total. The minimum absolute atomic E-state index is 0.0639. The molecule has 0 aliphatic rings. The average molecular weight is 489 g/mol. The smallest absolute Gasteiger partial charge is 0.225 e. The molecule has 0 atom stereocenters. The lowest BCUT2D eigenvalue weighted by molar-refractivity contribution is 0.593. The highest BCUT2D eigenvalue weighted by Gasteiger charge is 2.24. The number of nitrogens with two attached hydrogens (primary N) is 1. The standard InChI is InChI=1S/C22H17FN2O4S3/c23-18-10-6-16(7-11-18)20-21(17-8-12-19(13-9-17)32(24,28)29)30-22(25-20)31(26,27)14-15-4-2-1-3-5-15/h1-13H,14H2,(H2,24,28,29). The largest absolute Gasteiger partial charge is 0.238 e. The first-order chi connectivity index (χ1) is 15.1. The van der Waals surface area contributed by atoms with Crippen molar-refractivity contribution in [2.45, 2.75) is 15.0 Å². The summed E-state index contributed by atoms with van der Waals surface area (Å²) in [6.45, 7) is 0. The third kappa shape index (κ3) is 4.78. The van der Waals surface area contributed by atoms with Crippen molar-refractivity contribution in [1.82, 2.24) is 4.98 Å². The predicted molar refractivity (Wildman–Crippen MR) is 122 cm³/mol. The highest BCUT2D eigenvalue weighted by atomic mass is 32.2. The Morgan fingerprint density at radius 2 is 1.41 bits per heavy atom. The van der Waals surface area contributed by atoms with Crippen molar-refractivity contribution >= 4 is 31.2 Å². The lowest BCUT2D eigenvalue weighted by atomic mass is 10.1. The van der Waals surface area contributed by atoms with E-state index in [0.717, 1.165) is 11.3 Å². The minimum Gasteiger partial charge on any atom is -0.225 e. The quantitative estimate of drug-likeness (QED) is 0.437. The molecule has 164 valence electrons. The van der Waals surface area contributed by atoms with E-state index in [4.69, 9.17) is 5.14 Å². The second kappa shape index (κ2) is 8.55. The second-order valence-corrected chi connectivity index (χ2v) is 11.7. The van der Waals surface area contributed by atoms with Crippen LogP contribution < -0.4 is 5.14 Å². The fraction of sp³-hybridized carbons (Fsp3) is 0.0455. The molecular weight excluding hydrogens is 471 g/mol. The average Bonchev–Trinajstić information content (AvgIpc) is 3.21. The van der Waals surface area contributed by atoms with Crippen LogP contribution in [0.4, 0.5) is 4.39 Å². The Kier molecular flexibility index (Phi) is 5.95. The Hall–Kier alpha value is -2.92. The molecule has 0 aliphatic heterocycles. The van der Waals surface area contributed by atoms with Gasteiger partial charge in [0.15, 0.2) is 0 Å². The zero-order chi connectivity index (χ0) is 22.9. The number of sulfone groups is 1. The Bertz CT molecular complexity index is 1460. The van der Waals surface area contributed by atoms with Gasteiger partial charge in [-0.1, -0.05) is 42.5 Å². The summed E-state index contributed by atoms with van der Waals surface area (Å²) < 4.78 is 62.6. The molecule has 0 amide bonds. The molecule has 3 aromatic carbocycles. The van der Waals surface area contributed by atoms with Gasteiger partial charge in [0.05, 0.1) is 21.2 Å². The second-order valence-electron chi connectivity index (χ2n) is 6.98. The van der Waals surface area contributed by atoms with Gasteiger partial charge in [-0.15, -0.1) is 11.3 Å². The lowest BCUT2D eigenvalue weighted by Gasteiger charge is -2.04. The number of nitrogens with zero attached hydrogens (tertiary/aromatic N) is 1. The summed E-state index contributed by atoms with van der Waals surface area (Å²) >= 11 is 0.978. The van der Waals surface area contributed by atoms with E-state index in [0.29, 0.717) is 27.3 Å². The first-order valence-corrected chi connectivity index (χ1v) is 13.3. The fourth-order valence-electron chi connectivity index (χ4n) is 3.08. The summed E-state index contributed by atoms with van der Waals surface area (Å²) in [6.07, 6.45) is 0. The van der Waals surface area contributed by atoms with E-state index in [9.17, 15) is 21.2 Å². The first kappa shape index (κ1) is 22.3. The summed E-state index contributed by atoms with van der Waals surface area (Å²) in [5, 5.41) is 5.16. The molecule has 10 heteroatoms. The molecule has 32 heavy (non-hydrogen) atoms. The van der Waals surface area contributed by atoms with Gasteiger partial charge in [-0.25, -0.2) is 31.3 Å². The van der Waals surface area contributed by atoms with Crippen LogP contribution in [-0.4, -0.2) is 21.8 Å². The molecule has 4 aromatic rings. The predicted octanol–water partition coefficient (Wildman–Crippen LogP) is 4.24. The van der Waals surface area contributed by atoms with Crippen LogP contribution in [0.15, 0.2) is 88.1 Å². The number of primary sulfonamides is 1. The summed E-state index contributed by atoms with van der Waals surface area (Å²) in [5.74, 6) is -0.645. The topological polar surface area (TPSA) is 107 Å². The lowest BCUT2D eigenvalue weighted by Crippen LogP contribution is -2.11. The SMILES string of the molecule is NS(=O)(=O)c1ccc(-c2sc(S(=O)(=O)Cc3ccccc3)nc2-c2ccc(F)cc2)cc1. The van der Waals surface area contributed by atoms with Gasteiger partial charge in [-0.05, 0) is 47.5 Å². The molecule has 0 saturated heterocycles. The molecule has 0 unspecified atom stereocenters. The van der Waals surface area contributed by atoms with Gasteiger partial charge in [0, 0.05) is 5.56 Å². The van der Waals surface area contributed by atoms with E-state index in [1.807, 2.05) is 0 Å². The Morgan fingerprint density at radius 3 is 2.00 bits per heavy atom. The maximum atomic E-state index is 13.4. The van der Waals surface area contributed by atoms with Crippen LogP contribution in [0.5, 0.6) is 0 Å². The van der Waals surface area contributed by atoms with Crippen LogP contribution in [0.2, 0.25) is 0 Å². The van der Waals surface area contributed by atoms with Crippen molar-refractivity contribution in [2.24, 2.45) is 5.14 Å². The molecule has 1 aromatic heterocycles. The van der Waals surface area contributed by atoms with Crippen LogP contribution in [0.3, 0.4) is 0 Å². The number of benzene rings is 3. The molecule has 1 heterocycles. The van der Waals surface area contributed by atoms with E-state index in [-0.39, 0.29) is 15.0 Å². The number of rotatable bonds is 6. The van der Waals surface area contributed by atoms with E-state index in [1.54, 1.807) is 30.3 Å². The molecule has 0 saturated carbocycles. The van der Waals surface area contributed by atoms with Crippen molar-refractivity contribution in [1.29, 1.82) is 0 Å². The van der Waals surface area contributed by atoms with E-state index >= 15 is 0 Å².